The molecule has 0 fully saturated rings. The third-order valence-corrected chi connectivity index (χ3v) is 5.31. The molecule has 4 aromatic rings. The van der Waals surface area contributed by atoms with Gasteiger partial charge in [0.15, 0.2) is 28.0 Å². The van der Waals surface area contributed by atoms with Crippen molar-refractivity contribution in [2.24, 2.45) is 0 Å². The highest BCUT2D eigenvalue weighted by molar-refractivity contribution is 7.21. The Kier molecular flexibility index (Phi) is 5.09. The summed E-state index contributed by atoms with van der Waals surface area (Å²) < 4.78 is 22.7. The lowest BCUT2D eigenvalue weighted by Gasteiger charge is -2.14. The molecule has 2 aromatic carbocycles. The average Bonchev–Trinajstić information content (AvgIpc) is 3.39. The number of carbonyl (C=O) groups excluding carboxylic acids is 1. The van der Waals surface area contributed by atoms with Gasteiger partial charge in [-0.3, -0.25) is 4.79 Å². The van der Waals surface area contributed by atoms with Crippen LogP contribution in [0, 0.1) is 0 Å². The molecule has 0 atom stereocenters. The predicted molar refractivity (Wildman–Crippen MR) is 111 cm³/mol. The summed E-state index contributed by atoms with van der Waals surface area (Å²) in [5.74, 6) is 1.65. The lowest BCUT2D eigenvalue weighted by atomic mass is 10.2. The third kappa shape index (κ3) is 3.62. The average molecular weight is 410 g/mol. The van der Waals surface area contributed by atoms with E-state index in [1.807, 2.05) is 24.3 Å². The van der Waals surface area contributed by atoms with Crippen molar-refractivity contribution in [1.82, 2.24) is 4.98 Å². The van der Waals surface area contributed by atoms with Crippen LogP contribution in [0.2, 0.25) is 0 Å². The van der Waals surface area contributed by atoms with Gasteiger partial charge in [0, 0.05) is 17.8 Å². The van der Waals surface area contributed by atoms with Gasteiger partial charge in [0.1, 0.15) is 0 Å². The number of para-hydroxylation sites is 1. The lowest BCUT2D eigenvalue weighted by molar-refractivity contribution is 0.0997. The van der Waals surface area contributed by atoms with Crippen LogP contribution in [0.15, 0.2) is 52.9 Å². The van der Waals surface area contributed by atoms with Gasteiger partial charge in [-0.15, -0.1) is 11.3 Å². The summed E-state index contributed by atoms with van der Waals surface area (Å²) in [5.41, 5.74) is 1.38. The SMILES string of the molecule is COc1cc(NC(=O)c2ccc(-c3nc4ccccc4s3)o2)cc(OC)c1OC. The molecule has 1 N–H and O–H groups in total. The van der Waals surface area contributed by atoms with Crippen LogP contribution in [0.25, 0.3) is 21.0 Å². The molecule has 29 heavy (non-hydrogen) atoms. The van der Waals surface area contributed by atoms with Crippen molar-refractivity contribution >= 4 is 33.1 Å². The fraction of sp³-hybridized carbons (Fsp3) is 0.143. The number of furan rings is 1. The van der Waals surface area contributed by atoms with Gasteiger partial charge in [-0.1, -0.05) is 12.1 Å². The van der Waals surface area contributed by atoms with E-state index in [1.54, 1.807) is 24.3 Å². The largest absolute Gasteiger partial charge is 0.493 e. The molecule has 4 rings (SSSR count). The van der Waals surface area contributed by atoms with E-state index in [4.69, 9.17) is 18.6 Å². The van der Waals surface area contributed by atoms with Gasteiger partial charge in [-0.2, -0.15) is 0 Å². The fourth-order valence-electron chi connectivity index (χ4n) is 2.90. The van der Waals surface area contributed by atoms with E-state index in [0.717, 1.165) is 15.2 Å². The van der Waals surface area contributed by atoms with Crippen LogP contribution < -0.4 is 19.5 Å². The van der Waals surface area contributed by atoms with Gasteiger partial charge in [0.25, 0.3) is 5.91 Å². The lowest BCUT2D eigenvalue weighted by Crippen LogP contribution is -2.11. The molecule has 148 valence electrons. The number of rotatable bonds is 6. The highest BCUT2D eigenvalue weighted by Crippen LogP contribution is 2.40. The number of carbonyl (C=O) groups is 1. The van der Waals surface area contributed by atoms with Crippen molar-refractivity contribution < 1.29 is 23.4 Å². The van der Waals surface area contributed by atoms with Gasteiger partial charge in [0.2, 0.25) is 5.75 Å². The molecule has 0 unspecified atom stereocenters. The number of anilines is 1. The smallest absolute Gasteiger partial charge is 0.291 e. The summed E-state index contributed by atoms with van der Waals surface area (Å²) >= 11 is 1.51. The van der Waals surface area contributed by atoms with E-state index < -0.39 is 5.91 Å². The first kappa shape index (κ1) is 18.8. The van der Waals surface area contributed by atoms with Crippen molar-refractivity contribution in [3.05, 3.63) is 54.3 Å². The van der Waals surface area contributed by atoms with Crippen LogP contribution in [0.5, 0.6) is 17.2 Å². The summed E-state index contributed by atoms with van der Waals surface area (Å²) in [6, 6.07) is 14.5. The second-order valence-electron chi connectivity index (χ2n) is 6.02. The number of nitrogens with zero attached hydrogens (tertiary/aromatic N) is 1. The molecule has 0 saturated heterocycles. The zero-order valence-corrected chi connectivity index (χ0v) is 16.8. The molecular weight excluding hydrogens is 392 g/mol. The number of fused-ring (bicyclic) bond motifs is 1. The van der Waals surface area contributed by atoms with E-state index in [0.29, 0.717) is 28.7 Å². The molecule has 1 amide bonds. The van der Waals surface area contributed by atoms with E-state index in [-0.39, 0.29) is 5.76 Å². The van der Waals surface area contributed by atoms with Gasteiger partial charge in [-0.05, 0) is 24.3 Å². The quantitative estimate of drug-likeness (QED) is 0.490. The molecule has 2 aromatic heterocycles. The molecule has 0 aliphatic heterocycles. The maximum atomic E-state index is 12.6. The Balaban J connectivity index is 1.58. The molecule has 0 radical (unpaired) electrons. The van der Waals surface area contributed by atoms with Gasteiger partial charge in [0.05, 0.1) is 31.5 Å². The van der Waals surface area contributed by atoms with E-state index >= 15 is 0 Å². The third-order valence-electron chi connectivity index (χ3n) is 4.26. The standard InChI is InChI=1S/C21H18N2O5S/c1-25-16-10-12(11-17(26-2)19(16)27-3)22-20(24)14-8-9-15(28-14)21-23-13-6-4-5-7-18(13)29-21/h4-11H,1-3H3,(H,22,24). The number of thiazole rings is 1. The summed E-state index contributed by atoms with van der Waals surface area (Å²) in [5, 5.41) is 3.51. The molecule has 0 saturated carbocycles. The minimum absolute atomic E-state index is 0.174. The minimum atomic E-state index is -0.397. The minimum Gasteiger partial charge on any atom is -0.493 e. The zero-order valence-electron chi connectivity index (χ0n) is 16.0. The van der Waals surface area contributed by atoms with Crippen molar-refractivity contribution in [3.8, 4) is 28.0 Å². The molecule has 0 aliphatic rings. The maximum absolute atomic E-state index is 12.6. The van der Waals surface area contributed by atoms with Crippen LogP contribution >= 0.6 is 11.3 Å². The highest BCUT2D eigenvalue weighted by atomic mass is 32.1. The Morgan fingerprint density at radius 2 is 1.72 bits per heavy atom. The molecule has 8 heteroatoms. The number of aromatic nitrogens is 1. The number of methoxy groups -OCH3 is 3. The second kappa shape index (κ2) is 7.84. The normalized spacial score (nSPS) is 10.7. The number of benzene rings is 2. The van der Waals surface area contributed by atoms with Gasteiger partial charge < -0.3 is 23.9 Å². The molecular formula is C21H18N2O5S. The van der Waals surface area contributed by atoms with Crippen molar-refractivity contribution in [1.29, 1.82) is 0 Å². The van der Waals surface area contributed by atoms with E-state index in [9.17, 15) is 4.79 Å². The Labute approximate surface area is 170 Å². The van der Waals surface area contributed by atoms with Crippen LogP contribution in [-0.4, -0.2) is 32.2 Å². The first-order valence-electron chi connectivity index (χ1n) is 8.70. The van der Waals surface area contributed by atoms with Crippen LogP contribution in [0.4, 0.5) is 5.69 Å². The summed E-state index contributed by atoms with van der Waals surface area (Å²) in [6.45, 7) is 0. The van der Waals surface area contributed by atoms with E-state index in [2.05, 4.69) is 10.3 Å². The number of amides is 1. The number of nitrogens with one attached hydrogen (secondary N) is 1. The predicted octanol–water partition coefficient (Wildman–Crippen LogP) is 4.83. The summed E-state index contributed by atoms with van der Waals surface area (Å²) in [6.07, 6.45) is 0. The Morgan fingerprint density at radius 1 is 1.00 bits per heavy atom. The first-order valence-corrected chi connectivity index (χ1v) is 9.51. The molecule has 0 spiro atoms. The Bertz CT molecular complexity index is 1120. The Hall–Kier alpha value is -3.52. The zero-order chi connectivity index (χ0) is 20.4. The molecule has 0 aliphatic carbocycles. The Morgan fingerprint density at radius 3 is 2.38 bits per heavy atom. The van der Waals surface area contributed by atoms with Crippen molar-refractivity contribution in [2.45, 2.75) is 0 Å². The highest BCUT2D eigenvalue weighted by Gasteiger charge is 2.18. The van der Waals surface area contributed by atoms with Crippen LogP contribution in [0.1, 0.15) is 10.6 Å². The molecule has 7 nitrogen and oxygen atoms in total. The first-order chi connectivity index (χ1) is 14.1. The summed E-state index contributed by atoms with van der Waals surface area (Å²) in [4.78, 5) is 17.2. The maximum Gasteiger partial charge on any atom is 0.291 e. The topological polar surface area (TPSA) is 82.8 Å². The number of hydrogen-bond donors (Lipinski definition) is 1. The van der Waals surface area contributed by atoms with E-state index in [1.165, 1.54) is 32.7 Å². The van der Waals surface area contributed by atoms with Crippen LogP contribution in [0.3, 0.4) is 0 Å². The molecule has 2 heterocycles. The van der Waals surface area contributed by atoms with Crippen LogP contribution in [-0.2, 0) is 0 Å². The van der Waals surface area contributed by atoms with Gasteiger partial charge in [-0.25, -0.2) is 4.98 Å². The van der Waals surface area contributed by atoms with Crippen molar-refractivity contribution in [2.75, 3.05) is 26.6 Å². The number of hydrogen-bond acceptors (Lipinski definition) is 7. The number of ether oxygens (including phenoxy) is 3. The fourth-order valence-corrected chi connectivity index (χ4v) is 3.83. The summed E-state index contributed by atoms with van der Waals surface area (Å²) in [7, 11) is 4.55. The van der Waals surface area contributed by atoms with Gasteiger partial charge >= 0.3 is 0 Å². The molecule has 0 bridgehead atoms. The van der Waals surface area contributed by atoms with Crippen molar-refractivity contribution in [3.63, 3.8) is 0 Å². The second-order valence-corrected chi connectivity index (χ2v) is 7.05. The monoisotopic (exact) mass is 410 g/mol.